The van der Waals surface area contributed by atoms with Crippen LogP contribution in [0.5, 0.6) is 0 Å². The Morgan fingerprint density at radius 1 is 1.35 bits per heavy atom. The quantitative estimate of drug-likeness (QED) is 0.447. The second-order valence-corrected chi connectivity index (χ2v) is 4.65. The summed E-state index contributed by atoms with van der Waals surface area (Å²) in [7, 11) is 0. The number of nitriles is 1. The number of aromatic nitrogens is 2. The Balaban J connectivity index is 1.97. The minimum Gasteiger partial charge on any atom is -0.369 e. The van der Waals surface area contributed by atoms with Crippen LogP contribution in [0, 0.1) is 21.4 Å². The molecule has 0 unspecified atom stereocenters. The van der Waals surface area contributed by atoms with Gasteiger partial charge in [-0.3, -0.25) is 14.9 Å². The summed E-state index contributed by atoms with van der Waals surface area (Å²) in [6.07, 6.45) is 1.84. The van der Waals surface area contributed by atoms with E-state index >= 15 is 0 Å². The van der Waals surface area contributed by atoms with Crippen molar-refractivity contribution in [3.63, 3.8) is 0 Å². The van der Waals surface area contributed by atoms with Gasteiger partial charge in [0, 0.05) is 30.6 Å². The highest BCUT2D eigenvalue weighted by molar-refractivity contribution is 5.90. The first kappa shape index (κ1) is 16.1. The maximum atomic E-state index is 11.1. The third kappa shape index (κ3) is 4.34. The van der Waals surface area contributed by atoms with Crippen molar-refractivity contribution in [3.05, 3.63) is 34.6 Å². The number of carbonyl (C=O) groups is 1. The monoisotopic (exact) mass is 314 g/mol. The first-order chi connectivity index (χ1) is 11.1. The molecule has 0 atom stereocenters. The lowest BCUT2D eigenvalue weighted by atomic mass is 10.2. The van der Waals surface area contributed by atoms with Crippen molar-refractivity contribution < 1.29 is 9.72 Å². The van der Waals surface area contributed by atoms with Gasteiger partial charge in [0.15, 0.2) is 0 Å². The Morgan fingerprint density at radius 3 is 2.91 bits per heavy atom. The molecule has 9 nitrogen and oxygen atoms in total. The van der Waals surface area contributed by atoms with Crippen LogP contribution in [0.1, 0.15) is 12.8 Å². The van der Waals surface area contributed by atoms with Crippen molar-refractivity contribution in [1.82, 2.24) is 15.3 Å². The average Bonchev–Trinajstić information content (AvgIpc) is 2.54. The summed E-state index contributed by atoms with van der Waals surface area (Å²) in [5, 5.41) is 25.5. The fourth-order valence-electron chi connectivity index (χ4n) is 1.96. The number of nitrogens with zero attached hydrogens (tertiary/aromatic N) is 4. The van der Waals surface area contributed by atoms with E-state index in [1.807, 2.05) is 0 Å². The lowest BCUT2D eigenvalue weighted by Gasteiger charge is -2.08. The molecule has 1 aromatic heterocycles. The Labute approximate surface area is 131 Å². The van der Waals surface area contributed by atoms with Crippen molar-refractivity contribution in [1.29, 1.82) is 5.26 Å². The topological polar surface area (TPSA) is 134 Å². The third-order valence-electron chi connectivity index (χ3n) is 3.04. The van der Waals surface area contributed by atoms with E-state index in [0.29, 0.717) is 36.2 Å². The fraction of sp³-hybridized carbons (Fsp3) is 0.286. The number of nitrogens with one attached hydrogen (secondary N) is 2. The zero-order chi connectivity index (χ0) is 16.7. The second kappa shape index (κ2) is 7.65. The summed E-state index contributed by atoms with van der Waals surface area (Å²) >= 11 is 0. The number of benzene rings is 1. The third-order valence-corrected chi connectivity index (χ3v) is 3.04. The van der Waals surface area contributed by atoms with Crippen LogP contribution in [0.3, 0.4) is 0 Å². The molecule has 0 aliphatic carbocycles. The van der Waals surface area contributed by atoms with Crippen LogP contribution in [-0.4, -0.2) is 33.9 Å². The van der Waals surface area contributed by atoms with Crippen LogP contribution < -0.4 is 10.6 Å². The molecule has 0 aliphatic rings. The minimum atomic E-state index is -0.471. The first-order valence-corrected chi connectivity index (χ1v) is 6.88. The van der Waals surface area contributed by atoms with Gasteiger partial charge in [0.1, 0.15) is 18.6 Å². The summed E-state index contributed by atoms with van der Waals surface area (Å²) in [5.41, 5.74) is 0.578. The molecule has 1 heterocycles. The lowest BCUT2D eigenvalue weighted by Crippen LogP contribution is -2.25. The lowest BCUT2D eigenvalue weighted by molar-refractivity contribution is -0.384. The van der Waals surface area contributed by atoms with E-state index in [9.17, 15) is 14.9 Å². The van der Waals surface area contributed by atoms with E-state index in [1.54, 1.807) is 12.1 Å². The molecule has 0 radical (unpaired) electrons. The van der Waals surface area contributed by atoms with Gasteiger partial charge in [0.05, 0.1) is 16.5 Å². The number of non-ortho nitro benzene ring substituents is 1. The highest BCUT2D eigenvalue weighted by atomic mass is 16.6. The van der Waals surface area contributed by atoms with Crippen molar-refractivity contribution in [2.24, 2.45) is 0 Å². The fourth-order valence-corrected chi connectivity index (χ4v) is 1.96. The Kier molecular flexibility index (Phi) is 5.35. The highest BCUT2D eigenvalue weighted by Gasteiger charge is 2.10. The standard InChI is InChI=1S/C14H14N6O3/c15-5-4-13(21)16-6-1-7-17-14-11-8-10(20(22)23)2-3-12(11)18-9-19-14/h2-3,8-9H,1,4,6-7H2,(H,16,21)(H,17,18,19). The second-order valence-electron chi connectivity index (χ2n) is 4.65. The van der Waals surface area contributed by atoms with E-state index in [2.05, 4.69) is 20.6 Å². The van der Waals surface area contributed by atoms with Gasteiger partial charge in [-0.25, -0.2) is 9.97 Å². The van der Waals surface area contributed by atoms with Gasteiger partial charge in [0.25, 0.3) is 5.69 Å². The molecule has 0 saturated carbocycles. The highest BCUT2D eigenvalue weighted by Crippen LogP contribution is 2.24. The molecule has 0 fully saturated rings. The molecular formula is C14H14N6O3. The Morgan fingerprint density at radius 2 is 2.17 bits per heavy atom. The molecule has 1 amide bonds. The predicted octanol–water partition coefficient (Wildman–Crippen LogP) is 1.37. The molecule has 0 spiro atoms. The molecule has 23 heavy (non-hydrogen) atoms. The molecule has 0 aliphatic heterocycles. The van der Waals surface area contributed by atoms with Crippen molar-refractivity contribution in [2.75, 3.05) is 18.4 Å². The van der Waals surface area contributed by atoms with Crippen LogP contribution in [0.4, 0.5) is 11.5 Å². The van der Waals surface area contributed by atoms with E-state index in [4.69, 9.17) is 5.26 Å². The molecule has 2 N–H and O–H groups in total. The van der Waals surface area contributed by atoms with Crippen LogP contribution in [0.25, 0.3) is 10.9 Å². The molecule has 118 valence electrons. The van der Waals surface area contributed by atoms with E-state index in [0.717, 1.165) is 0 Å². The summed E-state index contributed by atoms with van der Waals surface area (Å²) < 4.78 is 0. The number of hydrogen-bond acceptors (Lipinski definition) is 7. The van der Waals surface area contributed by atoms with E-state index in [-0.39, 0.29) is 18.0 Å². The summed E-state index contributed by atoms with van der Waals surface area (Å²) in [5.74, 6) is 0.192. The zero-order valence-electron chi connectivity index (χ0n) is 12.2. The van der Waals surface area contributed by atoms with E-state index in [1.165, 1.54) is 18.5 Å². The predicted molar refractivity (Wildman–Crippen MR) is 82.5 cm³/mol. The van der Waals surface area contributed by atoms with Crippen LogP contribution in [-0.2, 0) is 4.79 Å². The van der Waals surface area contributed by atoms with Crippen LogP contribution in [0.2, 0.25) is 0 Å². The maximum absolute atomic E-state index is 11.1. The van der Waals surface area contributed by atoms with Gasteiger partial charge < -0.3 is 10.6 Å². The first-order valence-electron chi connectivity index (χ1n) is 6.88. The van der Waals surface area contributed by atoms with Gasteiger partial charge in [-0.15, -0.1) is 0 Å². The summed E-state index contributed by atoms with van der Waals surface area (Å²) in [6.45, 7) is 0.943. The Hall–Kier alpha value is -3.28. The molecule has 9 heteroatoms. The van der Waals surface area contributed by atoms with Crippen molar-refractivity contribution >= 4 is 28.3 Å². The average molecular weight is 314 g/mol. The number of carbonyl (C=O) groups excluding carboxylic acids is 1. The van der Waals surface area contributed by atoms with Crippen LogP contribution >= 0.6 is 0 Å². The van der Waals surface area contributed by atoms with Gasteiger partial charge >= 0.3 is 0 Å². The SMILES string of the molecule is N#CCC(=O)NCCCNc1ncnc2ccc([N+](=O)[O-])cc12. The number of hydrogen-bond donors (Lipinski definition) is 2. The van der Waals surface area contributed by atoms with E-state index < -0.39 is 4.92 Å². The normalized spacial score (nSPS) is 10.0. The summed E-state index contributed by atoms with van der Waals surface area (Å²) in [6, 6.07) is 6.16. The smallest absolute Gasteiger partial charge is 0.270 e. The maximum Gasteiger partial charge on any atom is 0.270 e. The molecule has 0 bridgehead atoms. The molecular weight excluding hydrogens is 300 g/mol. The summed E-state index contributed by atoms with van der Waals surface area (Å²) in [4.78, 5) is 29.7. The molecule has 1 aromatic carbocycles. The number of amides is 1. The number of nitro benzene ring substituents is 1. The van der Waals surface area contributed by atoms with Crippen LogP contribution in [0.15, 0.2) is 24.5 Å². The number of anilines is 1. The van der Waals surface area contributed by atoms with Crippen molar-refractivity contribution in [2.45, 2.75) is 12.8 Å². The van der Waals surface area contributed by atoms with Crippen molar-refractivity contribution in [3.8, 4) is 6.07 Å². The largest absolute Gasteiger partial charge is 0.369 e. The molecule has 0 saturated heterocycles. The number of fused-ring (bicyclic) bond motifs is 1. The van der Waals surface area contributed by atoms with Gasteiger partial charge in [-0.05, 0) is 12.5 Å². The number of nitro groups is 1. The van der Waals surface area contributed by atoms with Gasteiger partial charge in [-0.1, -0.05) is 0 Å². The van der Waals surface area contributed by atoms with Gasteiger partial charge in [0.2, 0.25) is 5.91 Å². The zero-order valence-corrected chi connectivity index (χ0v) is 12.2. The minimum absolute atomic E-state index is 0.0286. The molecule has 2 aromatic rings. The number of rotatable bonds is 7. The van der Waals surface area contributed by atoms with Gasteiger partial charge in [-0.2, -0.15) is 5.26 Å². The molecule has 2 rings (SSSR count). The Bertz CT molecular complexity index is 771.